The van der Waals surface area contributed by atoms with Crippen molar-refractivity contribution in [1.29, 1.82) is 0 Å². The quantitative estimate of drug-likeness (QED) is 0.167. The van der Waals surface area contributed by atoms with Crippen LogP contribution in [0.2, 0.25) is 0 Å². The molecule has 4 aromatic carbocycles. The molecule has 1 aromatic heterocycles. The van der Waals surface area contributed by atoms with Gasteiger partial charge >= 0.3 is 0 Å². The van der Waals surface area contributed by atoms with Gasteiger partial charge in [0.1, 0.15) is 24.2 Å². The number of nitrogens with one attached hydrogen (secondary N) is 2. The summed E-state index contributed by atoms with van der Waals surface area (Å²) in [6.07, 6.45) is 0. The van der Waals surface area contributed by atoms with Gasteiger partial charge in [0.2, 0.25) is 11.1 Å². The highest BCUT2D eigenvalue weighted by molar-refractivity contribution is 7.98. The van der Waals surface area contributed by atoms with E-state index in [4.69, 9.17) is 14.8 Å². The zero-order valence-electron chi connectivity index (χ0n) is 24.7. The van der Waals surface area contributed by atoms with Gasteiger partial charge in [-0.25, -0.2) is 9.07 Å². The van der Waals surface area contributed by atoms with Gasteiger partial charge in [-0.1, -0.05) is 84.6 Å². The molecule has 7 nitrogen and oxygen atoms in total. The predicted octanol–water partition coefficient (Wildman–Crippen LogP) is 7.83. The highest BCUT2D eigenvalue weighted by Gasteiger charge is 2.35. The average molecular weight is 606 g/mol. The van der Waals surface area contributed by atoms with E-state index in [0.717, 1.165) is 27.9 Å². The van der Waals surface area contributed by atoms with Crippen LogP contribution in [0.3, 0.4) is 0 Å². The lowest BCUT2D eigenvalue weighted by atomic mass is 9.94. The average Bonchev–Trinajstić information content (AvgIpc) is 3.43. The minimum atomic E-state index is -0.590. The summed E-state index contributed by atoms with van der Waals surface area (Å²) in [7, 11) is 0. The molecule has 2 heterocycles. The Hall–Kier alpha value is -4.89. The van der Waals surface area contributed by atoms with E-state index < -0.39 is 6.04 Å². The summed E-state index contributed by atoms with van der Waals surface area (Å²) >= 11 is 1.34. The summed E-state index contributed by atoms with van der Waals surface area (Å²) in [6, 6.07) is 29.6. The Labute approximate surface area is 260 Å². The number of anilines is 2. The van der Waals surface area contributed by atoms with Crippen molar-refractivity contribution in [2.45, 2.75) is 44.3 Å². The molecule has 2 N–H and O–H groups in total. The largest absolute Gasteiger partial charge is 0.489 e. The number of para-hydroxylation sites is 1. The Morgan fingerprint density at radius 2 is 1.66 bits per heavy atom. The monoisotopic (exact) mass is 605 g/mol. The van der Waals surface area contributed by atoms with E-state index >= 15 is 0 Å². The molecular formula is C35H32FN5O2S. The molecule has 1 atom stereocenters. The number of hydrogen-bond acceptors (Lipinski definition) is 6. The molecule has 1 amide bonds. The smallest absolute Gasteiger partial charge is 0.255 e. The maximum absolute atomic E-state index is 14.3. The second-order valence-electron chi connectivity index (χ2n) is 10.7. The van der Waals surface area contributed by atoms with Gasteiger partial charge in [0.25, 0.3) is 5.91 Å². The molecule has 9 heteroatoms. The maximum atomic E-state index is 14.3. The molecule has 0 radical (unpaired) electrons. The third kappa shape index (κ3) is 6.23. The molecule has 0 aliphatic carbocycles. The molecule has 0 saturated heterocycles. The lowest BCUT2D eigenvalue weighted by Gasteiger charge is -2.29. The lowest BCUT2D eigenvalue weighted by molar-refractivity contribution is -0.113. The third-order valence-electron chi connectivity index (χ3n) is 7.62. The van der Waals surface area contributed by atoms with E-state index in [9.17, 15) is 9.18 Å². The number of hydrogen-bond donors (Lipinski definition) is 2. The lowest BCUT2D eigenvalue weighted by Crippen LogP contribution is -2.31. The summed E-state index contributed by atoms with van der Waals surface area (Å²) in [5.41, 5.74) is 6.51. The van der Waals surface area contributed by atoms with Crippen LogP contribution in [0.5, 0.6) is 5.75 Å². The second-order valence-corrected chi connectivity index (χ2v) is 11.6. The van der Waals surface area contributed by atoms with Crippen LogP contribution in [0, 0.1) is 19.7 Å². The van der Waals surface area contributed by atoms with Crippen molar-refractivity contribution in [1.82, 2.24) is 14.8 Å². The molecule has 0 spiro atoms. The van der Waals surface area contributed by atoms with Crippen LogP contribution in [0.15, 0.2) is 113 Å². The Balaban J connectivity index is 1.34. The summed E-state index contributed by atoms with van der Waals surface area (Å²) in [6.45, 7) is 6.30. The molecular weight excluding hydrogens is 573 g/mol. The van der Waals surface area contributed by atoms with E-state index in [1.165, 1.54) is 17.8 Å². The van der Waals surface area contributed by atoms with Crippen LogP contribution in [0.4, 0.5) is 16.0 Å². The normalized spacial score (nSPS) is 14.1. The fourth-order valence-corrected chi connectivity index (χ4v) is 5.98. The van der Waals surface area contributed by atoms with Gasteiger partial charge in [-0.15, -0.1) is 5.10 Å². The van der Waals surface area contributed by atoms with E-state index in [1.54, 1.807) is 16.8 Å². The topological polar surface area (TPSA) is 81.1 Å². The second kappa shape index (κ2) is 12.8. The highest BCUT2D eigenvalue weighted by atomic mass is 32.2. The first kappa shape index (κ1) is 29.2. The standard InChI is InChI=1S/C35H32FN5O2S/c1-22-11-4-6-13-26(22)20-43-28-16-10-15-25(19-28)32-31(33(42)38-30-18-9-5-12-23(30)2)24(3)37-34-39-35(40-41(32)34)44-21-27-14-7-8-17-29(27)36/h4-19,32H,20-21H2,1-3H3,(H,38,42)(H,37,39,40). The van der Waals surface area contributed by atoms with Crippen LogP contribution in [0.1, 0.15) is 40.8 Å². The Morgan fingerprint density at radius 1 is 0.932 bits per heavy atom. The summed E-state index contributed by atoms with van der Waals surface area (Å²) in [5, 5.41) is 11.7. The number of rotatable bonds is 9. The van der Waals surface area contributed by atoms with Crippen molar-refractivity contribution in [2.24, 2.45) is 0 Å². The van der Waals surface area contributed by atoms with Crippen LogP contribution in [-0.2, 0) is 17.2 Å². The van der Waals surface area contributed by atoms with Crippen LogP contribution in [-0.4, -0.2) is 20.7 Å². The number of aromatic nitrogens is 3. The van der Waals surface area contributed by atoms with Gasteiger partial charge in [-0.2, -0.15) is 4.98 Å². The number of carbonyl (C=O) groups excluding carboxylic acids is 1. The highest BCUT2D eigenvalue weighted by Crippen LogP contribution is 2.38. The first-order chi connectivity index (χ1) is 21.4. The number of allylic oxidation sites excluding steroid dienone is 1. The van der Waals surface area contributed by atoms with Gasteiger partial charge in [0.15, 0.2) is 0 Å². The van der Waals surface area contributed by atoms with Gasteiger partial charge in [-0.3, -0.25) is 4.79 Å². The predicted molar refractivity (Wildman–Crippen MR) is 172 cm³/mol. The van der Waals surface area contributed by atoms with Gasteiger partial charge in [0, 0.05) is 17.1 Å². The molecule has 0 bridgehead atoms. The molecule has 0 fully saturated rings. The molecule has 1 unspecified atom stereocenters. The van der Waals surface area contributed by atoms with Crippen molar-refractivity contribution in [3.05, 3.63) is 142 Å². The zero-order valence-corrected chi connectivity index (χ0v) is 25.5. The molecule has 44 heavy (non-hydrogen) atoms. The van der Waals surface area contributed by atoms with Crippen LogP contribution < -0.4 is 15.4 Å². The minimum absolute atomic E-state index is 0.248. The minimum Gasteiger partial charge on any atom is -0.489 e. The van der Waals surface area contributed by atoms with E-state index in [-0.39, 0.29) is 11.7 Å². The molecule has 5 aromatic rings. The summed E-state index contributed by atoms with van der Waals surface area (Å²) in [5.74, 6) is 1.03. The molecule has 0 saturated carbocycles. The fraction of sp³-hybridized carbons (Fsp3) is 0.171. The Morgan fingerprint density at radius 3 is 2.43 bits per heavy atom. The number of thioether (sulfide) groups is 1. The summed E-state index contributed by atoms with van der Waals surface area (Å²) < 4.78 is 22.2. The SMILES string of the molecule is CC1=C(C(=O)Nc2ccccc2C)C(c2cccc(OCc3ccccc3C)c2)n2nc(SCc3ccccc3F)nc2N1. The number of fused-ring (bicyclic) bond motifs is 1. The summed E-state index contributed by atoms with van der Waals surface area (Å²) in [4.78, 5) is 18.7. The molecule has 1 aliphatic heterocycles. The van der Waals surface area contributed by atoms with Crippen LogP contribution in [0.25, 0.3) is 0 Å². The van der Waals surface area contributed by atoms with Crippen LogP contribution >= 0.6 is 11.8 Å². The third-order valence-corrected chi connectivity index (χ3v) is 8.50. The molecule has 6 rings (SSSR count). The van der Waals surface area contributed by atoms with Crippen molar-refractivity contribution in [2.75, 3.05) is 10.6 Å². The van der Waals surface area contributed by atoms with Crippen molar-refractivity contribution in [3.8, 4) is 5.75 Å². The van der Waals surface area contributed by atoms with E-state index in [1.807, 2.05) is 86.6 Å². The number of benzene rings is 4. The van der Waals surface area contributed by atoms with E-state index in [0.29, 0.717) is 46.0 Å². The Kier molecular flexibility index (Phi) is 8.47. The van der Waals surface area contributed by atoms with Crippen molar-refractivity contribution < 1.29 is 13.9 Å². The van der Waals surface area contributed by atoms with E-state index in [2.05, 4.69) is 23.6 Å². The number of carbonyl (C=O) groups is 1. The number of ether oxygens (including phenoxy) is 1. The van der Waals surface area contributed by atoms with Crippen molar-refractivity contribution >= 4 is 29.3 Å². The number of amides is 1. The van der Waals surface area contributed by atoms with Crippen molar-refractivity contribution in [3.63, 3.8) is 0 Å². The van der Waals surface area contributed by atoms with Gasteiger partial charge < -0.3 is 15.4 Å². The molecule has 222 valence electrons. The fourth-order valence-electron chi connectivity index (χ4n) is 5.16. The number of halogens is 1. The van der Waals surface area contributed by atoms with Gasteiger partial charge in [-0.05, 0) is 72.9 Å². The van der Waals surface area contributed by atoms with Gasteiger partial charge in [0.05, 0.1) is 5.57 Å². The maximum Gasteiger partial charge on any atom is 0.255 e. The first-order valence-electron chi connectivity index (χ1n) is 14.3. The zero-order chi connectivity index (χ0) is 30.6. The molecule has 1 aliphatic rings. The number of aryl methyl sites for hydroxylation is 2. The number of nitrogens with zero attached hydrogens (tertiary/aromatic N) is 3. The first-order valence-corrected chi connectivity index (χ1v) is 15.3. The Bertz CT molecular complexity index is 1870.